The molecule has 3 heteroatoms. The number of quaternary nitrogens is 1. The van der Waals surface area contributed by atoms with Gasteiger partial charge in [0.15, 0.2) is 0 Å². The highest BCUT2D eigenvalue weighted by molar-refractivity contribution is 5.50. The van der Waals surface area contributed by atoms with Gasteiger partial charge in [0.25, 0.3) is 0 Å². The van der Waals surface area contributed by atoms with E-state index in [-0.39, 0.29) is 17.4 Å². The van der Waals surface area contributed by atoms with Gasteiger partial charge in [0.05, 0.1) is 19.8 Å². The average molecular weight is 453 g/mol. The number of hydrogen-bond donors (Lipinski definition) is 2. The zero-order valence-corrected chi connectivity index (χ0v) is 21.8. The van der Waals surface area contributed by atoms with E-state index in [1.165, 1.54) is 42.5 Å². The molecule has 0 fully saturated rings. The number of aliphatic hydroxyl groups is 1. The van der Waals surface area contributed by atoms with Crippen LogP contribution >= 0.6 is 0 Å². The molecule has 0 saturated heterocycles. The third-order valence-corrected chi connectivity index (χ3v) is 5.97. The zero-order valence-electron chi connectivity index (χ0n) is 21.8. The Bertz CT molecular complexity index is 822. The van der Waals surface area contributed by atoms with Gasteiger partial charge in [0.1, 0.15) is 12.3 Å². The molecule has 0 radical (unpaired) electrons. The monoisotopic (exact) mass is 452 g/mol. The number of nitrogens with two attached hydrogens (primary N) is 1. The molecule has 3 nitrogen and oxygen atoms in total. The summed E-state index contributed by atoms with van der Waals surface area (Å²) in [7, 11) is 0. The highest BCUT2D eigenvalue weighted by atomic mass is 16.5. The Labute approximate surface area is 202 Å². The van der Waals surface area contributed by atoms with E-state index in [0.29, 0.717) is 0 Å². The Morgan fingerprint density at radius 2 is 1.42 bits per heavy atom. The van der Waals surface area contributed by atoms with Crippen LogP contribution in [0.1, 0.15) is 89.5 Å². The average Bonchev–Trinajstić information content (AvgIpc) is 2.76. The van der Waals surface area contributed by atoms with Crippen LogP contribution in [0.15, 0.2) is 48.5 Å². The molecule has 2 aromatic rings. The summed E-state index contributed by atoms with van der Waals surface area (Å²) < 4.78 is 5.85. The van der Waals surface area contributed by atoms with Crippen molar-refractivity contribution in [3.05, 3.63) is 70.8 Å². The van der Waals surface area contributed by atoms with Crippen LogP contribution in [-0.2, 0) is 17.4 Å². The van der Waals surface area contributed by atoms with Crippen molar-refractivity contribution in [1.82, 2.24) is 0 Å². The van der Waals surface area contributed by atoms with Gasteiger partial charge in [0.2, 0.25) is 0 Å². The van der Waals surface area contributed by atoms with E-state index in [1.807, 2.05) is 30.3 Å². The summed E-state index contributed by atoms with van der Waals surface area (Å²) >= 11 is 0. The molecule has 0 aliphatic rings. The fourth-order valence-electron chi connectivity index (χ4n) is 3.74. The van der Waals surface area contributed by atoms with Gasteiger partial charge in [-0.05, 0) is 77.5 Å². The van der Waals surface area contributed by atoms with Gasteiger partial charge < -0.3 is 15.2 Å². The first kappa shape index (κ1) is 27.1. The highest BCUT2D eigenvalue weighted by Gasteiger charge is 2.20. The third-order valence-electron chi connectivity index (χ3n) is 5.97. The Balaban J connectivity index is 1.65. The summed E-state index contributed by atoms with van der Waals surface area (Å²) in [5.74, 6) is 0.914. The minimum atomic E-state index is 0.0680. The summed E-state index contributed by atoms with van der Waals surface area (Å²) in [5, 5.41) is 11.3. The summed E-state index contributed by atoms with van der Waals surface area (Å²) in [4.78, 5) is 0. The molecular formula is C30H46NO2+. The van der Waals surface area contributed by atoms with E-state index < -0.39 is 0 Å². The topological polar surface area (TPSA) is 46.1 Å². The Morgan fingerprint density at radius 3 is 2.00 bits per heavy atom. The SMILES string of the molecule is CC(C)(C)c1cc(C[NH2+]CCCCCCOc2ccc(/C=C/CO)cc2)cc(C(C)(C)C)c1. The summed E-state index contributed by atoms with van der Waals surface area (Å²) in [6.45, 7) is 16.9. The summed E-state index contributed by atoms with van der Waals surface area (Å²) in [6, 6.07) is 15.2. The highest BCUT2D eigenvalue weighted by Crippen LogP contribution is 2.30. The summed E-state index contributed by atoms with van der Waals surface area (Å²) in [6.07, 6.45) is 8.44. The van der Waals surface area contributed by atoms with E-state index in [9.17, 15) is 0 Å². The van der Waals surface area contributed by atoms with Crippen LogP contribution < -0.4 is 10.1 Å². The maximum Gasteiger partial charge on any atom is 0.119 e. The molecule has 0 aromatic heterocycles. The fourth-order valence-corrected chi connectivity index (χ4v) is 3.74. The van der Waals surface area contributed by atoms with Crippen LogP contribution in [-0.4, -0.2) is 24.9 Å². The van der Waals surface area contributed by atoms with Gasteiger partial charge >= 0.3 is 0 Å². The Morgan fingerprint density at radius 1 is 0.818 bits per heavy atom. The smallest absolute Gasteiger partial charge is 0.119 e. The lowest BCUT2D eigenvalue weighted by atomic mass is 9.79. The summed E-state index contributed by atoms with van der Waals surface area (Å²) in [5.41, 5.74) is 5.75. The van der Waals surface area contributed by atoms with Crippen molar-refractivity contribution in [2.75, 3.05) is 19.8 Å². The quantitative estimate of drug-likeness (QED) is 0.389. The van der Waals surface area contributed by atoms with Crippen LogP contribution in [0.3, 0.4) is 0 Å². The van der Waals surface area contributed by atoms with E-state index in [4.69, 9.17) is 9.84 Å². The van der Waals surface area contributed by atoms with Crippen LogP contribution in [0, 0.1) is 0 Å². The van der Waals surface area contributed by atoms with Crippen molar-refractivity contribution in [2.24, 2.45) is 0 Å². The molecule has 0 heterocycles. The maximum absolute atomic E-state index is 8.83. The van der Waals surface area contributed by atoms with E-state index in [2.05, 4.69) is 65.1 Å². The van der Waals surface area contributed by atoms with Crippen LogP contribution in [0.5, 0.6) is 5.75 Å². The molecule has 33 heavy (non-hydrogen) atoms. The molecule has 0 saturated carbocycles. The molecule has 0 aliphatic heterocycles. The number of benzene rings is 2. The van der Waals surface area contributed by atoms with Crippen molar-refractivity contribution in [1.29, 1.82) is 0 Å². The van der Waals surface area contributed by atoms with Crippen molar-refractivity contribution >= 4 is 6.08 Å². The number of hydrogen-bond acceptors (Lipinski definition) is 2. The van der Waals surface area contributed by atoms with Gasteiger partial charge in [-0.25, -0.2) is 0 Å². The van der Waals surface area contributed by atoms with Crippen molar-refractivity contribution < 1.29 is 15.2 Å². The van der Waals surface area contributed by atoms with Gasteiger partial charge in [-0.3, -0.25) is 0 Å². The first-order valence-corrected chi connectivity index (χ1v) is 12.6. The molecule has 0 amide bonds. The van der Waals surface area contributed by atoms with Gasteiger partial charge in [-0.2, -0.15) is 0 Å². The molecule has 2 rings (SSSR count). The number of aliphatic hydroxyl groups excluding tert-OH is 1. The van der Waals surface area contributed by atoms with E-state index >= 15 is 0 Å². The second-order valence-electron chi connectivity index (χ2n) is 11.1. The number of ether oxygens (including phenoxy) is 1. The Kier molecular flexibility index (Phi) is 10.7. The minimum absolute atomic E-state index is 0.0680. The van der Waals surface area contributed by atoms with Gasteiger partial charge in [0, 0.05) is 5.56 Å². The lowest BCUT2D eigenvalue weighted by molar-refractivity contribution is -0.671. The molecule has 0 unspecified atom stereocenters. The molecule has 3 N–H and O–H groups in total. The van der Waals surface area contributed by atoms with Crippen molar-refractivity contribution in [3.8, 4) is 5.75 Å². The predicted octanol–water partition coefficient (Wildman–Crippen LogP) is 5.99. The molecule has 0 aliphatic carbocycles. The van der Waals surface area contributed by atoms with Crippen LogP contribution in [0.2, 0.25) is 0 Å². The fraction of sp³-hybridized carbons (Fsp3) is 0.533. The normalized spacial score (nSPS) is 12.5. The van der Waals surface area contributed by atoms with Gasteiger partial charge in [-0.1, -0.05) is 71.9 Å². The molecule has 2 aromatic carbocycles. The van der Waals surface area contributed by atoms with Crippen LogP contribution in [0.25, 0.3) is 6.08 Å². The predicted molar refractivity (Wildman–Crippen MR) is 141 cm³/mol. The zero-order chi connectivity index (χ0) is 24.3. The maximum atomic E-state index is 8.83. The van der Waals surface area contributed by atoms with Crippen LogP contribution in [0.4, 0.5) is 0 Å². The van der Waals surface area contributed by atoms with Crippen molar-refractivity contribution in [2.45, 2.75) is 84.6 Å². The third kappa shape index (κ3) is 10.1. The lowest BCUT2D eigenvalue weighted by Crippen LogP contribution is -2.82. The van der Waals surface area contributed by atoms with E-state index in [0.717, 1.165) is 30.9 Å². The molecule has 0 atom stereocenters. The molecule has 182 valence electrons. The first-order valence-electron chi connectivity index (χ1n) is 12.6. The molecular weight excluding hydrogens is 406 g/mol. The second kappa shape index (κ2) is 13.0. The lowest BCUT2D eigenvalue weighted by Gasteiger charge is -2.26. The molecule has 0 bridgehead atoms. The first-order chi connectivity index (χ1) is 15.6. The minimum Gasteiger partial charge on any atom is -0.494 e. The standard InChI is InChI=1S/C30H45NO2/c1-29(2,3)26-20-25(21-27(22-26)30(4,5)6)23-31-17-9-7-8-10-19-33-28-15-13-24(14-16-28)12-11-18-32/h11-16,20-22,31-32H,7-10,17-19,23H2,1-6H3/p+1/b12-11+. The second-order valence-corrected chi connectivity index (χ2v) is 11.1. The van der Waals surface area contributed by atoms with Gasteiger partial charge in [-0.15, -0.1) is 0 Å². The largest absolute Gasteiger partial charge is 0.494 e. The number of unbranched alkanes of at least 4 members (excludes halogenated alkanes) is 3. The molecule has 0 spiro atoms. The van der Waals surface area contributed by atoms with E-state index in [1.54, 1.807) is 6.08 Å². The Hall–Kier alpha value is -2.10. The number of rotatable bonds is 12. The van der Waals surface area contributed by atoms with Crippen molar-refractivity contribution in [3.63, 3.8) is 0 Å².